The molecule has 0 atom stereocenters. The molecule has 1 N–H and O–H groups in total. The molecular weight excluding hydrogens is 492 g/mol. The second-order valence-electron chi connectivity index (χ2n) is 6.14. The maximum atomic E-state index is 12.8. The Labute approximate surface area is 187 Å². The van der Waals surface area contributed by atoms with Gasteiger partial charge in [0.1, 0.15) is 22.1 Å². The lowest BCUT2D eigenvalue weighted by Gasteiger charge is -2.14. The highest BCUT2D eigenvalue weighted by atomic mass is 79.9. The maximum Gasteiger partial charge on any atom is 0.283 e. The standard InChI is InChI=1S/C19H19BrN4O6S/c1-28-15-10-16(29-2)17(9-13(15)20)31(26,27)23-18(25)14-6-5-12(19(22-14)30-3)11-24-8-4-7-21-24/h4-10H,11H2,1-3H3,(H,23,25). The van der Waals surface area contributed by atoms with E-state index in [1.165, 1.54) is 39.5 Å². The maximum absolute atomic E-state index is 12.8. The zero-order valence-corrected chi connectivity index (χ0v) is 19.2. The Bertz CT molecular complexity index is 1200. The van der Waals surface area contributed by atoms with Gasteiger partial charge in [0, 0.05) is 24.0 Å². The zero-order chi connectivity index (χ0) is 22.6. The zero-order valence-electron chi connectivity index (χ0n) is 16.8. The van der Waals surface area contributed by atoms with Crippen molar-refractivity contribution in [2.75, 3.05) is 21.3 Å². The average molecular weight is 511 g/mol. The largest absolute Gasteiger partial charge is 0.495 e. The number of hydrogen-bond acceptors (Lipinski definition) is 8. The van der Waals surface area contributed by atoms with E-state index < -0.39 is 15.9 Å². The lowest BCUT2D eigenvalue weighted by Crippen LogP contribution is -2.31. The summed E-state index contributed by atoms with van der Waals surface area (Å²) in [4.78, 5) is 16.5. The van der Waals surface area contributed by atoms with Gasteiger partial charge in [-0.15, -0.1) is 0 Å². The molecule has 10 nitrogen and oxygen atoms in total. The summed E-state index contributed by atoms with van der Waals surface area (Å²) in [5, 5.41) is 4.11. The van der Waals surface area contributed by atoms with Gasteiger partial charge in [-0.05, 0) is 40.2 Å². The van der Waals surface area contributed by atoms with Crippen LogP contribution >= 0.6 is 15.9 Å². The molecule has 164 valence electrons. The lowest BCUT2D eigenvalue weighted by atomic mass is 10.2. The molecule has 2 aromatic heterocycles. The molecule has 3 aromatic rings. The van der Waals surface area contributed by atoms with Crippen molar-refractivity contribution < 1.29 is 27.4 Å². The third kappa shape index (κ3) is 4.97. The average Bonchev–Trinajstić information content (AvgIpc) is 3.26. The van der Waals surface area contributed by atoms with E-state index in [9.17, 15) is 13.2 Å². The molecular formula is C19H19BrN4O6S. The van der Waals surface area contributed by atoms with E-state index in [4.69, 9.17) is 14.2 Å². The minimum Gasteiger partial charge on any atom is -0.495 e. The molecule has 1 amide bonds. The van der Waals surface area contributed by atoms with Gasteiger partial charge in [-0.25, -0.2) is 18.1 Å². The van der Waals surface area contributed by atoms with Crippen LogP contribution in [0.5, 0.6) is 17.4 Å². The summed E-state index contributed by atoms with van der Waals surface area (Å²) in [5.41, 5.74) is 0.544. The van der Waals surface area contributed by atoms with Crippen molar-refractivity contribution in [1.82, 2.24) is 19.5 Å². The smallest absolute Gasteiger partial charge is 0.283 e. The minimum absolute atomic E-state index is 0.0143. The van der Waals surface area contributed by atoms with Crippen molar-refractivity contribution in [3.8, 4) is 17.4 Å². The van der Waals surface area contributed by atoms with Crippen LogP contribution in [0.4, 0.5) is 0 Å². The van der Waals surface area contributed by atoms with Crippen molar-refractivity contribution in [2.24, 2.45) is 0 Å². The Morgan fingerprint density at radius 3 is 2.48 bits per heavy atom. The first kappa shape index (κ1) is 22.6. The monoisotopic (exact) mass is 510 g/mol. The van der Waals surface area contributed by atoms with Crippen LogP contribution in [0.3, 0.4) is 0 Å². The number of nitrogens with one attached hydrogen (secondary N) is 1. The van der Waals surface area contributed by atoms with Crippen molar-refractivity contribution >= 4 is 31.9 Å². The molecule has 1 aromatic carbocycles. The fourth-order valence-electron chi connectivity index (χ4n) is 2.73. The molecule has 0 radical (unpaired) electrons. The normalized spacial score (nSPS) is 11.1. The van der Waals surface area contributed by atoms with Crippen molar-refractivity contribution in [3.63, 3.8) is 0 Å². The quantitative estimate of drug-likeness (QED) is 0.489. The Hall–Kier alpha value is -3.12. The third-order valence-electron chi connectivity index (χ3n) is 4.21. The van der Waals surface area contributed by atoms with Gasteiger partial charge >= 0.3 is 0 Å². The molecule has 0 saturated heterocycles. The van der Waals surface area contributed by atoms with Crippen LogP contribution in [-0.2, 0) is 16.6 Å². The number of pyridine rings is 1. The number of carbonyl (C=O) groups is 1. The number of halogens is 1. The Morgan fingerprint density at radius 2 is 1.87 bits per heavy atom. The van der Waals surface area contributed by atoms with Crippen molar-refractivity contribution in [3.05, 3.63) is 58.5 Å². The minimum atomic E-state index is -4.27. The summed E-state index contributed by atoms with van der Waals surface area (Å²) in [5.74, 6) is -0.343. The number of aromatic nitrogens is 3. The molecule has 0 aliphatic heterocycles. The number of sulfonamides is 1. The SMILES string of the molecule is COc1cc(OC)c(S(=O)(=O)NC(=O)c2ccc(Cn3cccn3)c(OC)n2)cc1Br. The van der Waals surface area contributed by atoms with Crippen LogP contribution < -0.4 is 18.9 Å². The number of hydrogen-bond donors (Lipinski definition) is 1. The number of nitrogens with zero attached hydrogens (tertiary/aromatic N) is 3. The highest BCUT2D eigenvalue weighted by Gasteiger charge is 2.26. The molecule has 0 saturated carbocycles. The fourth-order valence-corrected chi connectivity index (χ4v) is 4.53. The lowest BCUT2D eigenvalue weighted by molar-refractivity contribution is 0.0975. The first-order valence-electron chi connectivity index (χ1n) is 8.79. The van der Waals surface area contributed by atoms with E-state index in [2.05, 4.69) is 26.0 Å². The Morgan fingerprint density at radius 1 is 1.13 bits per heavy atom. The van der Waals surface area contributed by atoms with E-state index >= 15 is 0 Å². The molecule has 0 spiro atoms. The predicted molar refractivity (Wildman–Crippen MR) is 114 cm³/mol. The first-order valence-corrected chi connectivity index (χ1v) is 11.1. The summed E-state index contributed by atoms with van der Waals surface area (Å²) in [6.45, 7) is 0.375. The number of amides is 1. The number of ether oxygens (including phenoxy) is 3. The molecule has 12 heteroatoms. The Kier molecular flexibility index (Phi) is 6.81. The van der Waals surface area contributed by atoms with Crippen LogP contribution in [0, 0.1) is 0 Å². The molecule has 0 bridgehead atoms. The van der Waals surface area contributed by atoms with Gasteiger partial charge in [0.05, 0.1) is 32.3 Å². The number of rotatable bonds is 8. The van der Waals surface area contributed by atoms with Gasteiger partial charge in [-0.1, -0.05) is 0 Å². The van der Waals surface area contributed by atoms with Crippen LogP contribution in [0.2, 0.25) is 0 Å². The molecule has 0 unspecified atom stereocenters. The van der Waals surface area contributed by atoms with E-state index in [0.717, 1.165) is 0 Å². The van der Waals surface area contributed by atoms with Crippen molar-refractivity contribution in [1.29, 1.82) is 0 Å². The van der Waals surface area contributed by atoms with Gasteiger partial charge < -0.3 is 14.2 Å². The molecule has 3 rings (SSSR count). The van der Waals surface area contributed by atoms with Gasteiger partial charge in [0.25, 0.3) is 15.9 Å². The summed E-state index contributed by atoms with van der Waals surface area (Å²) in [7, 11) is -0.115. The Balaban J connectivity index is 1.87. The van der Waals surface area contributed by atoms with E-state index in [1.54, 1.807) is 29.2 Å². The molecule has 0 fully saturated rings. The highest BCUT2D eigenvalue weighted by molar-refractivity contribution is 9.10. The number of methoxy groups -OCH3 is 3. The number of benzene rings is 1. The van der Waals surface area contributed by atoms with Crippen LogP contribution in [0.25, 0.3) is 0 Å². The van der Waals surface area contributed by atoms with Crippen molar-refractivity contribution in [2.45, 2.75) is 11.4 Å². The summed E-state index contributed by atoms with van der Waals surface area (Å²) in [6, 6.07) is 7.49. The van der Waals surface area contributed by atoms with Gasteiger partial charge in [0.15, 0.2) is 0 Å². The summed E-state index contributed by atoms with van der Waals surface area (Å²) >= 11 is 3.23. The molecule has 0 aliphatic rings. The second-order valence-corrected chi connectivity index (χ2v) is 8.65. The predicted octanol–water partition coefficient (Wildman–Crippen LogP) is 2.23. The number of carbonyl (C=O) groups excluding carboxylic acids is 1. The molecule has 0 aliphatic carbocycles. The van der Waals surface area contributed by atoms with Gasteiger partial charge in [-0.2, -0.15) is 5.10 Å². The topological polar surface area (TPSA) is 122 Å². The molecule has 2 heterocycles. The van der Waals surface area contributed by atoms with Crippen LogP contribution in [0.1, 0.15) is 16.1 Å². The van der Waals surface area contributed by atoms with E-state index in [-0.39, 0.29) is 22.2 Å². The first-order chi connectivity index (χ1) is 14.8. The van der Waals surface area contributed by atoms with E-state index in [1.807, 2.05) is 4.72 Å². The van der Waals surface area contributed by atoms with Gasteiger partial charge in [0.2, 0.25) is 5.88 Å². The van der Waals surface area contributed by atoms with Crippen LogP contribution in [-0.4, -0.2) is 50.4 Å². The summed E-state index contributed by atoms with van der Waals surface area (Å²) in [6.07, 6.45) is 3.41. The van der Waals surface area contributed by atoms with Crippen LogP contribution in [0.15, 0.2) is 52.1 Å². The third-order valence-corrected chi connectivity index (χ3v) is 6.18. The second kappa shape index (κ2) is 9.35. The summed E-state index contributed by atoms with van der Waals surface area (Å²) < 4.78 is 45.3. The van der Waals surface area contributed by atoms with Gasteiger partial charge in [-0.3, -0.25) is 9.48 Å². The molecule has 31 heavy (non-hydrogen) atoms. The fraction of sp³-hybridized carbons (Fsp3) is 0.211. The van der Waals surface area contributed by atoms with E-state index in [0.29, 0.717) is 22.3 Å². The highest BCUT2D eigenvalue weighted by Crippen LogP contribution is 2.35.